The molecule has 0 heteroatoms. The summed E-state index contributed by atoms with van der Waals surface area (Å²) in [6, 6.07) is 0. The summed E-state index contributed by atoms with van der Waals surface area (Å²) in [4.78, 5) is 0. The molecule has 0 radical (unpaired) electrons. The van der Waals surface area contributed by atoms with E-state index in [1.54, 1.807) is 25.7 Å². The Hall–Kier alpha value is 0. The fourth-order valence-corrected chi connectivity index (χ4v) is 6.48. The number of hydrogen-bond acceptors (Lipinski definition) is 0. The maximum absolute atomic E-state index is 2.68. The molecule has 0 spiro atoms. The van der Waals surface area contributed by atoms with E-state index in [9.17, 15) is 0 Å². The summed E-state index contributed by atoms with van der Waals surface area (Å²) in [6.07, 6.45) is 16.7. The van der Waals surface area contributed by atoms with Crippen molar-refractivity contribution in [3.63, 3.8) is 0 Å². The van der Waals surface area contributed by atoms with Crippen LogP contribution in [-0.2, 0) is 0 Å². The molecule has 0 nitrogen and oxygen atoms in total. The lowest BCUT2D eigenvalue weighted by Gasteiger charge is -2.40. The summed E-state index contributed by atoms with van der Waals surface area (Å²) < 4.78 is 0. The highest BCUT2D eigenvalue weighted by Gasteiger charge is 2.45. The van der Waals surface area contributed by atoms with Crippen molar-refractivity contribution >= 4 is 0 Å². The second-order valence-corrected chi connectivity index (χ2v) is 9.85. The minimum absolute atomic E-state index is 0.641. The minimum atomic E-state index is 0.641. The van der Waals surface area contributed by atoms with Crippen LogP contribution in [0.4, 0.5) is 0 Å². The van der Waals surface area contributed by atoms with Crippen LogP contribution in [0.2, 0.25) is 0 Å². The number of rotatable bonds is 1. The van der Waals surface area contributed by atoms with Crippen LogP contribution in [0, 0.1) is 40.9 Å². The van der Waals surface area contributed by atoms with Crippen molar-refractivity contribution in [2.45, 2.75) is 98.3 Å². The van der Waals surface area contributed by atoms with Gasteiger partial charge in [-0.3, -0.25) is 0 Å². The fourth-order valence-electron chi connectivity index (χ4n) is 6.48. The van der Waals surface area contributed by atoms with E-state index in [4.69, 9.17) is 0 Å². The highest BCUT2D eigenvalue weighted by Crippen LogP contribution is 2.55. The Bertz CT molecular complexity index is 359. The molecule has 0 amide bonds. The molecule has 3 fully saturated rings. The Morgan fingerprint density at radius 3 is 1.91 bits per heavy atom. The van der Waals surface area contributed by atoms with Crippen molar-refractivity contribution < 1.29 is 0 Å². The van der Waals surface area contributed by atoms with E-state index in [1.165, 1.54) is 44.9 Å². The monoisotopic (exact) mass is 304 g/mol. The zero-order valence-electron chi connectivity index (χ0n) is 15.7. The molecule has 0 heterocycles. The van der Waals surface area contributed by atoms with Gasteiger partial charge in [0, 0.05) is 0 Å². The first-order valence-electron chi connectivity index (χ1n) is 10.5. The average Bonchev–Trinajstić information content (AvgIpc) is 2.83. The van der Waals surface area contributed by atoms with Crippen molar-refractivity contribution in [2.75, 3.05) is 0 Å². The molecule has 22 heavy (non-hydrogen) atoms. The molecule has 3 aliphatic carbocycles. The normalized spacial score (nSPS) is 50.2. The minimum Gasteiger partial charge on any atom is -0.0649 e. The van der Waals surface area contributed by atoms with Crippen LogP contribution in [0.5, 0.6) is 0 Å². The highest BCUT2D eigenvalue weighted by molar-refractivity contribution is 4.96. The van der Waals surface area contributed by atoms with Gasteiger partial charge in [-0.1, -0.05) is 59.8 Å². The van der Waals surface area contributed by atoms with Crippen LogP contribution in [0.3, 0.4) is 0 Å². The van der Waals surface area contributed by atoms with Crippen LogP contribution in [0.25, 0.3) is 0 Å². The van der Waals surface area contributed by atoms with Crippen LogP contribution in [0.15, 0.2) is 0 Å². The molecule has 3 rings (SSSR count). The molecule has 0 aromatic heterocycles. The molecule has 3 saturated carbocycles. The van der Waals surface area contributed by atoms with E-state index in [2.05, 4.69) is 27.7 Å². The van der Waals surface area contributed by atoms with Crippen LogP contribution >= 0.6 is 0 Å². The summed E-state index contributed by atoms with van der Waals surface area (Å²) in [5.41, 5.74) is 0.641. The van der Waals surface area contributed by atoms with Crippen molar-refractivity contribution in [1.29, 1.82) is 0 Å². The van der Waals surface area contributed by atoms with Crippen LogP contribution < -0.4 is 0 Å². The lowest BCUT2D eigenvalue weighted by Crippen LogP contribution is -2.31. The molecule has 0 aromatic carbocycles. The molecule has 0 aliphatic heterocycles. The fraction of sp³-hybridized carbons (Fsp3) is 1.00. The Labute approximate surface area is 139 Å². The third-order valence-corrected chi connectivity index (χ3v) is 8.33. The molecular formula is C22H40. The molecule has 7 unspecified atom stereocenters. The zero-order chi connectivity index (χ0) is 15.7. The predicted molar refractivity (Wildman–Crippen MR) is 96.9 cm³/mol. The molecule has 0 saturated heterocycles. The van der Waals surface area contributed by atoms with Gasteiger partial charge < -0.3 is 0 Å². The number of fused-ring (bicyclic) bond motifs is 2. The van der Waals surface area contributed by atoms with E-state index in [-0.39, 0.29) is 0 Å². The molecule has 7 atom stereocenters. The topological polar surface area (TPSA) is 0 Å². The van der Waals surface area contributed by atoms with E-state index >= 15 is 0 Å². The molecule has 3 aliphatic rings. The average molecular weight is 305 g/mol. The van der Waals surface area contributed by atoms with Gasteiger partial charge in [0.25, 0.3) is 0 Å². The summed E-state index contributed by atoms with van der Waals surface area (Å²) in [5, 5.41) is 0. The lowest BCUT2D eigenvalue weighted by molar-refractivity contribution is 0.0940. The highest BCUT2D eigenvalue weighted by atomic mass is 14.5. The van der Waals surface area contributed by atoms with E-state index in [0.29, 0.717) is 5.41 Å². The molecule has 0 aromatic rings. The van der Waals surface area contributed by atoms with Gasteiger partial charge in [0.1, 0.15) is 0 Å². The van der Waals surface area contributed by atoms with Gasteiger partial charge in [-0.2, -0.15) is 0 Å². The molecule has 0 N–H and O–H groups in total. The lowest BCUT2D eigenvalue weighted by atomic mass is 9.65. The molecular weight excluding hydrogens is 264 g/mol. The summed E-state index contributed by atoms with van der Waals surface area (Å²) in [6.45, 7) is 10.2. The molecule has 128 valence electrons. The Morgan fingerprint density at radius 2 is 1.27 bits per heavy atom. The van der Waals surface area contributed by atoms with Gasteiger partial charge in [-0.05, 0) is 79.4 Å². The van der Waals surface area contributed by atoms with Crippen molar-refractivity contribution in [3.05, 3.63) is 0 Å². The van der Waals surface area contributed by atoms with E-state index in [1.807, 2.05) is 0 Å². The first-order valence-corrected chi connectivity index (χ1v) is 10.5. The van der Waals surface area contributed by atoms with Crippen molar-refractivity contribution in [1.82, 2.24) is 0 Å². The van der Waals surface area contributed by atoms with E-state index in [0.717, 1.165) is 35.5 Å². The predicted octanol–water partition coefficient (Wildman–Crippen LogP) is 7.08. The van der Waals surface area contributed by atoms with Crippen LogP contribution in [0.1, 0.15) is 98.3 Å². The first-order chi connectivity index (χ1) is 10.5. The third kappa shape index (κ3) is 3.41. The molecule has 0 bridgehead atoms. The van der Waals surface area contributed by atoms with Gasteiger partial charge in [-0.15, -0.1) is 0 Å². The van der Waals surface area contributed by atoms with Gasteiger partial charge in [0.2, 0.25) is 0 Å². The van der Waals surface area contributed by atoms with Crippen LogP contribution in [-0.4, -0.2) is 0 Å². The SMILES string of the molecule is CCC1(C)CC2CCC(C)CCC2CC2CCC(C)CCC21. The largest absolute Gasteiger partial charge is 0.0649 e. The van der Waals surface area contributed by atoms with Crippen molar-refractivity contribution in [3.8, 4) is 0 Å². The van der Waals surface area contributed by atoms with Crippen molar-refractivity contribution in [2.24, 2.45) is 40.9 Å². The Kier molecular flexibility index (Phi) is 5.25. The maximum Gasteiger partial charge on any atom is -0.0295 e. The standard InChI is InChI=1S/C22H40/c1-5-22(4)15-20-12-8-16(2)6-10-18(20)14-19-11-7-17(3)9-13-21(19)22/h16-21H,5-15H2,1-4H3. The van der Waals surface area contributed by atoms with Gasteiger partial charge >= 0.3 is 0 Å². The Balaban J connectivity index is 1.84. The smallest absolute Gasteiger partial charge is 0.0295 e. The quantitative estimate of drug-likeness (QED) is 0.485. The Morgan fingerprint density at radius 1 is 0.727 bits per heavy atom. The maximum atomic E-state index is 2.68. The summed E-state index contributed by atoms with van der Waals surface area (Å²) in [7, 11) is 0. The van der Waals surface area contributed by atoms with Gasteiger partial charge in [-0.25, -0.2) is 0 Å². The zero-order valence-corrected chi connectivity index (χ0v) is 15.7. The second-order valence-electron chi connectivity index (χ2n) is 9.85. The first kappa shape index (κ1) is 16.8. The van der Waals surface area contributed by atoms with Gasteiger partial charge in [0.15, 0.2) is 0 Å². The summed E-state index contributed by atoms with van der Waals surface area (Å²) >= 11 is 0. The number of hydrogen-bond donors (Lipinski definition) is 0. The summed E-state index contributed by atoms with van der Waals surface area (Å²) in [5.74, 6) is 6.19. The van der Waals surface area contributed by atoms with Gasteiger partial charge in [0.05, 0.1) is 0 Å². The third-order valence-electron chi connectivity index (χ3n) is 8.33. The van der Waals surface area contributed by atoms with E-state index < -0.39 is 0 Å². The second kappa shape index (κ2) is 6.86.